The van der Waals surface area contributed by atoms with Crippen molar-refractivity contribution in [1.82, 2.24) is 5.32 Å². The Hall–Kier alpha value is -1.92. The van der Waals surface area contributed by atoms with Crippen LogP contribution in [0.4, 0.5) is 0 Å². The summed E-state index contributed by atoms with van der Waals surface area (Å²) in [6.45, 7) is 4.89. The van der Waals surface area contributed by atoms with Crippen molar-refractivity contribution < 1.29 is 24.5 Å². The molecule has 6 nitrogen and oxygen atoms in total. The van der Waals surface area contributed by atoms with Crippen LogP contribution in [0.1, 0.15) is 348 Å². The van der Waals surface area contributed by atoms with Gasteiger partial charge in [0, 0.05) is 12.8 Å². The van der Waals surface area contributed by atoms with Crippen molar-refractivity contribution in [3.05, 3.63) is 36.5 Å². The molecule has 0 aliphatic heterocycles. The van der Waals surface area contributed by atoms with Crippen LogP contribution in [-0.4, -0.2) is 47.4 Å². The van der Waals surface area contributed by atoms with Crippen molar-refractivity contribution >= 4 is 11.9 Å². The maximum Gasteiger partial charge on any atom is 0.305 e. The Kier molecular flexibility index (Phi) is 60.0. The molecule has 6 heteroatoms. The number of nitrogens with one attached hydrogen (secondary N) is 1. The third-order valence-electron chi connectivity index (χ3n) is 14.9. The fourth-order valence-corrected chi connectivity index (χ4v) is 9.96. The standard InChI is InChI=1S/C66H125NO5/c1-3-5-7-9-11-13-15-17-19-21-23-24-26-30-34-38-42-46-50-54-58-64(69)63(62-68)67-65(70)59-55-51-47-43-39-35-31-27-25-29-33-37-41-45-49-53-57-61-72-66(71)60-56-52-48-44-40-36-32-28-22-20-18-16-14-12-10-8-6-4-2/h25,29,37,41,54,58,63-64,68-69H,3-24,26-28,30-36,38-40,42-53,55-57,59-62H2,1-2H3,(H,67,70)/b29-25-,41-37-,58-54+. The van der Waals surface area contributed by atoms with E-state index >= 15 is 0 Å². The molecule has 0 aliphatic carbocycles. The van der Waals surface area contributed by atoms with E-state index in [2.05, 4.69) is 43.5 Å². The Balaban J connectivity index is 3.50. The maximum absolute atomic E-state index is 12.5. The molecule has 0 spiro atoms. The number of allylic oxidation sites excluding steroid dienone is 5. The van der Waals surface area contributed by atoms with Crippen molar-refractivity contribution in [2.24, 2.45) is 0 Å². The number of amides is 1. The summed E-state index contributed by atoms with van der Waals surface area (Å²) in [6, 6.07) is -0.641. The van der Waals surface area contributed by atoms with Gasteiger partial charge >= 0.3 is 5.97 Å². The molecule has 0 saturated carbocycles. The minimum atomic E-state index is -0.856. The lowest BCUT2D eigenvalue weighted by Crippen LogP contribution is -2.45. The lowest BCUT2D eigenvalue weighted by molar-refractivity contribution is -0.143. The fraction of sp³-hybridized carbons (Fsp3) is 0.879. The van der Waals surface area contributed by atoms with Crippen molar-refractivity contribution in [3.63, 3.8) is 0 Å². The van der Waals surface area contributed by atoms with Gasteiger partial charge in [-0.25, -0.2) is 0 Å². The van der Waals surface area contributed by atoms with Gasteiger partial charge in [0.05, 0.1) is 25.4 Å². The molecule has 0 bridgehead atoms. The predicted molar refractivity (Wildman–Crippen MR) is 315 cm³/mol. The molecule has 3 N–H and O–H groups in total. The molecule has 0 radical (unpaired) electrons. The van der Waals surface area contributed by atoms with Gasteiger partial charge in [0.2, 0.25) is 5.91 Å². The molecule has 0 aromatic rings. The van der Waals surface area contributed by atoms with Gasteiger partial charge in [-0.05, 0) is 70.6 Å². The van der Waals surface area contributed by atoms with Crippen LogP contribution in [0, 0.1) is 0 Å². The van der Waals surface area contributed by atoms with E-state index in [0.29, 0.717) is 19.4 Å². The highest BCUT2D eigenvalue weighted by Gasteiger charge is 2.18. The Labute approximate surface area is 449 Å². The van der Waals surface area contributed by atoms with Gasteiger partial charge < -0.3 is 20.3 Å². The zero-order valence-corrected chi connectivity index (χ0v) is 48.4. The Morgan fingerprint density at radius 1 is 0.389 bits per heavy atom. The van der Waals surface area contributed by atoms with Crippen molar-refractivity contribution in [2.45, 2.75) is 360 Å². The summed E-state index contributed by atoms with van der Waals surface area (Å²) < 4.78 is 5.47. The number of aliphatic hydroxyl groups is 2. The van der Waals surface area contributed by atoms with Crippen LogP contribution < -0.4 is 5.32 Å². The van der Waals surface area contributed by atoms with Gasteiger partial charge in [-0.2, -0.15) is 0 Å². The lowest BCUT2D eigenvalue weighted by atomic mass is 10.0. The SMILES string of the molecule is CCCCCCCCCCCCCCCCCCCC/C=C/C(O)C(CO)NC(=O)CCCCCCCCC/C=C\C/C=C\CCCCCOC(=O)CCCCCCCCCCCCCCCCCCCC. The highest BCUT2D eigenvalue weighted by molar-refractivity contribution is 5.76. The predicted octanol–water partition coefficient (Wildman–Crippen LogP) is 20.4. The van der Waals surface area contributed by atoms with Crippen LogP contribution in [0.15, 0.2) is 36.5 Å². The van der Waals surface area contributed by atoms with E-state index in [1.165, 1.54) is 238 Å². The molecule has 0 aliphatic rings. The molecule has 2 unspecified atom stereocenters. The van der Waals surface area contributed by atoms with E-state index in [1.54, 1.807) is 6.08 Å². The molecule has 1 amide bonds. The van der Waals surface area contributed by atoms with Crippen molar-refractivity contribution in [3.8, 4) is 0 Å². The molecular formula is C66H125NO5. The number of hydrogen-bond acceptors (Lipinski definition) is 5. The number of carbonyl (C=O) groups is 2. The zero-order chi connectivity index (χ0) is 52.2. The maximum atomic E-state index is 12.5. The highest BCUT2D eigenvalue weighted by atomic mass is 16.5. The van der Waals surface area contributed by atoms with Gasteiger partial charge in [0.1, 0.15) is 0 Å². The third-order valence-corrected chi connectivity index (χ3v) is 14.9. The molecule has 0 aromatic heterocycles. The first-order chi connectivity index (χ1) is 35.5. The quantitative estimate of drug-likeness (QED) is 0.0320. The van der Waals surface area contributed by atoms with Gasteiger partial charge in [-0.15, -0.1) is 0 Å². The van der Waals surface area contributed by atoms with Gasteiger partial charge in [-0.1, -0.05) is 301 Å². The summed E-state index contributed by atoms with van der Waals surface area (Å²) in [5.74, 6) is -0.0931. The number of rotatable bonds is 60. The van der Waals surface area contributed by atoms with E-state index in [4.69, 9.17) is 4.74 Å². The van der Waals surface area contributed by atoms with Crippen LogP contribution in [0.3, 0.4) is 0 Å². The van der Waals surface area contributed by atoms with Crippen molar-refractivity contribution in [1.29, 1.82) is 0 Å². The molecule has 0 saturated heterocycles. The van der Waals surface area contributed by atoms with Gasteiger partial charge in [0.15, 0.2) is 0 Å². The van der Waals surface area contributed by atoms with E-state index in [1.807, 2.05) is 6.08 Å². The second-order valence-electron chi connectivity index (χ2n) is 22.1. The molecular weight excluding hydrogens is 887 g/mol. The van der Waals surface area contributed by atoms with Crippen LogP contribution >= 0.6 is 0 Å². The van der Waals surface area contributed by atoms with E-state index < -0.39 is 12.1 Å². The molecule has 0 rings (SSSR count). The largest absolute Gasteiger partial charge is 0.466 e. The molecule has 0 heterocycles. The lowest BCUT2D eigenvalue weighted by Gasteiger charge is -2.20. The molecule has 0 aromatic carbocycles. The number of unbranched alkanes of at least 4 members (excludes halogenated alkanes) is 45. The van der Waals surface area contributed by atoms with Crippen LogP contribution in [0.5, 0.6) is 0 Å². The summed E-state index contributed by atoms with van der Waals surface area (Å²) in [7, 11) is 0. The number of aliphatic hydroxyl groups excluding tert-OH is 2. The monoisotopic (exact) mass is 1010 g/mol. The minimum Gasteiger partial charge on any atom is -0.466 e. The average molecular weight is 1010 g/mol. The number of esters is 1. The smallest absolute Gasteiger partial charge is 0.305 e. The Morgan fingerprint density at radius 3 is 1.06 bits per heavy atom. The molecule has 0 fully saturated rings. The highest BCUT2D eigenvalue weighted by Crippen LogP contribution is 2.18. The van der Waals surface area contributed by atoms with E-state index in [-0.39, 0.29) is 18.5 Å². The summed E-state index contributed by atoms with van der Waals surface area (Å²) >= 11 is 0. The summed E-state index contributed by atoms with van der Waals surface area (Å²) in [5.41, 5.74) is 0. The second-order valence-corrected chi connectivity index (χ2v) is 22.1. The fourth-order valence-electron chi connectivity index (χ4n) is 9.96. The zero-order valence-electron chi connectivity index (χ0n) is 48.4. The Bertz CT molecular complexity index is 1170. The molecule has 72 heavy (non-hydrogen) atoms. The third kappa shape index (κ3) is 57.4. The first-order valence-corrected chi connectivity index (χ1v) is 32.3. The van der Waals surface area contributed by atoms with Crippen molar-refractivity contribution in [2.75, 3.05) is 13.2 Å². The first-order valence-electron chi connectivity index (χ1n) is 32.3. The minimum absolute atomic E-state index is 0.0116. The van der Waals surface area contributed by atoms with Crippen LogP contribution in [0.2, 0.25) is 0 Å². The van der Waals surface area contributed by atoms with Gasteiger partial charge in [-0.3, -0.25) is 9.59 Å². The average Bonchev–Trinajstić information content (AvgIpc) is 3.38. The number of ether oxygens (including phenoxy) is 1. The topological polar surface area (TPSA) is 95.9 Å². The van der Waals surface area contributed by atoms with Gasteiger partial charge in [0.25, 0.3) is 0 Å². The van der Waals surface area contributed by atoms with E-state index in [9.17, 15) is 19.8 Å². The normalized spacial score (nSPS) is 12.8. The summed E-state index contributed by atoms with van der Waals surface area (Å²) in [5, 5.41) is 23.2. The summed E-state index contributed by atoms with van der Waals surface area (Å²) in [4.78, 5) is 24.6. The second kappa shape index (κ2) is 61.6. The Morgan fingerprint density at radius 2 is 0.694 bits per heavy atom. The van der Waals surface area contributed by atoms with Crippen LogP contribution in [0.25, 0.3) is 0 Å². The molecule has 424 valence electrons. The first kappa shape index (κ1) is 70.1. The van der Waals surface area contributed by atoms with Crippen LogP contribution in [-0.2, 0) is 14.3 Å². The number of carbonyl (C=O) groups excluding carboxylic acids is 2. The number of hydrogen-bond donors (Lipinski definition) is 3. The molecule has 2 atom stereocenters. The van der Waals surface area contributed by atoms with E-state index in [0.717, 1.165) is 83.5 Å². The summed E-state index contributed by atoms with van der Waals surface area (Å²) in [6.07, 6.45) is 77.6.